The van der Waals surface area contributed by atoms with E-state index < -0.39 is 5.41 Å². The average Bonchev–Trinajstić information content (AvgIpc) is 3.09. The van der Waals surface area contributed by atoms with Crippen LogP contribution in [-0.2, 0) is 9.53 Å². The first kappa shape index (κ1) is 24.1. The molecule has 186 valence electrons. The summed E-state index contributed by atoms with van der Waals surface area (Å²) < 4.78 is 19.5. The molecule has 1 N–H and O–H groups in total. The van der Waals surface area contributed by atoms with Crippen LogP contribution in [0.1, 0.15) is 32.9 Å². The van der Waals surface area contributed by atoms with Crippen molar-refractivity contribution in [3.8, 4) is 11.1 Å². The van der Waals surface area contributed by atoms with E-state index in [2.05, 4.69) is 48.1 Å². The van der Waals surface area contributed by atoms with Gasteiger partial charge in [-0.05, 0) is 60.9 Å². The summed E-state index contributed by atoms with van der Waals surface area (Å²) in [5.41, 5.74) is 2.11. The second-order valence-electron chi connectivity index (χ2n) is 10.8. The second kappa shape index (κ2) is 9.82. The fourth-order valence-corrected chi connectivity index (χ4v) is 6.66. The highest BCUT2D eigenvalue weighted by Crippen LogP contribution is 2.56. The molecule has 2 aliphatic heterocycles. The van der Waals surface area contributed by atoms with Gasteiger partial charge in [-0.3, -0.25) is 14.7 Å². The number of nitrogens with one attached hydrogen (secondary N) is 1. The molecule has 2 aromatic rings. The first-order chi connectivity index (χ1) is 16.9. The average molecular weight is 478 g/mol. The van der Waals surface area contributed by atoms with Crippen LogP contribution in [-0.4, -0.2) is 54.7 Å². The molecular formula is C29H36FN3O2. The van der Waals surface area contributed by atoms with Crippen LogP contribution in [0.2, 0.25) is 0 Å². The molecule has 3 heterocycles. The Labute approximate surface area is 207 Å². The van der Waals surface area contributed by atoms with Crippen molar-refractivity contribution < 1.29 is 13.9 Å². The number of cyclic esters (lactones) is 1. The van der Waals surface area contributed by atoms with E-state index in [4.69, 9.17) is 4.74 Å². The van der Waals surface area contributed by atoms with E-state index in [1.165, 1.54) is 12.1 Å². The Morgan fingerprint density at radius 1 is 1.17 bits per heavy atom. The molecule has 0 radical (unpaired) electrons. The zero-order chi connectivity index (χ0) is 24.6. The molecule has 2 saturated heterocycles. The van der Waals surface area contributed by atoms with Crippen molar-refractivity contribution in [1.82, 2.24) is 15.2 Å². The normalized spacial score (nSPS) is 33.6. The number of rotatable bonds is 5. The number of carbonyl (C=O) groups excluding carboxylic acids is 1. The van der Waals surface area contributed by atoms with E-state index in [1.807, 2.05) is 18.2 Å². The Balaban J connectivity index is 1.40. The number of hydrogen-bond acceptors (Lipinski definition) is 5. The lowest BCUT2D eigenvalue weighted by Crippen LogP contribution is -2.56. The molecule has 5 rings (SSSR count). The Morgan fingerprint density at radius 3 is 2.69 bits per heavy atom. The lowest BCUT2D eigenvalue weighted by atomic mass is 9.54. The summed E-state index contributed by atoms with van der Waals surface area (Å²) >= 11 is 0. The first-order valence-corrected chi connectivity index (χ1v) is 12.9. The van der Waals surface area contributed by atoms with Crippen molar-refractivity contribution in [3.05, 3.63) is 60.2 Å². The van der Waals surface area contributed by atoms with Crippen LogP contribution in [0.3, 0.4) is 0 Å². The Kier molecular flexibility index (Phi) is 6.78. The first-order valence-electron chi connectivity index (χ1n) is 12.9. The molecule has 1 aromatic heterocycles. The fourth-order valence-electron chi connectivity index (χ4n) is 6.66. The van der Waals surface area contributed by atoms with Crippen LogP contribution < -0.4 is 5.32 Å². The highest BCUT2D eigenvalue weighted by Gasteiger charge is 2.62. The molecule has 1 aliphatic carbocycles. The molecule has 0 amide bonds. The summed E-state index contributed by atoms with van der Waals surface area (Å²) in [4.78, 5) is 20.4. The van der Waals surface area contributed by atoms with Crippen LogP contribution >= 0.6 is 0 Å². The molecule has 6 heteroatoms. The predicted molar refractivity (Wildman–Crippen MR) is 136 cm³/mol. The number of fused-ring (bicyclic) bond motifs is 1. The highest BCUT2D eigenvalue weighted by molar-refractivity contribution is 5.80. The van der Waals surface area contributed by atoms with Crippen molar-refractivity contribution in [1.29, 1.82) is 0 Å². The SMILES string of the molecule is CC1C[C@@]2(CN3CCNCC3)C(=O)O[C@H](C)[C@H]2C(/C=C/c2ccc(-c3cccc(F)c3)cn2)C1C. The highest BCUT2D eigenvalue weighted by atomic mass is 19.1. The molecule has 6 atom stereocenters. The molecule has 3 unspecified atom stereocenters. The van der Waals surface area contributed by atoms with E-state index in [1.54, 1.807) is 12.3 Å². The number of ether oxygens (including phenoxy) is 1. The van der Waals surface area contributed by atoms with Gasteiger partial charge in [0, 0.05) is 50.4 Å². The largest absolute Gasteiger partial charge is 0.462 e. The minimum Gasteiger partial charge on any atom is -0.462 e. The molecule has 0 bridgehead atoms. The molecule has 3 fully saturated rings. The summed E-state index contributed by atoms with van der Waals surface area (Å²) in [6.07, 6.45) is 6.93. The predicted octanol–water partition coefficient (Wildman–Crippen LogP) is 4.65. The molecule has 0 spiro atoms. The Hall–Kier alpha value is -2.57. The van der Waals surface area contributed by atoms with Crippen molar-refractivity contribution in [2.75, 3.05) is 32.7 Å². The number of benzene rings is 1. The van der Waals surface area contributed by atoms with Gasteiger partial charge in [0.15, 0.2) is 0 Å². The third-order valence-corrected chi connectivity index (χ3v) is 8.60. The molecular weight excluding hydrogens is 441 g/mol. The maximum Gasteiger partial charge on any atom is 0.314 e. The van der Waals surface area contributed by atoms with Gasteiger partial charge in [-0.15, -0.1) is 0 Å². The number of esters is 1. The quantitative estimate of drug-likeness (QED) is 0.636. The monoisotopic (exact) mass is 477 g/mol. The minimum atomic E-state index is -0.452. The van der Waals surface area contributed by atoms with Crippen molar-refractivity contribution in [2.45, 2.75) is 33.3 Å². The number of allylic oxidation sites excluding steroid dienone is 1. The number of pyridine rings is 1. The molecule has 1 saturated carbocycles. The number of carbonyl (C=O) groups is 1. The maximum absolute atomic E-state index is 13.6. The van der Waals surface area contributed by atoms with Crippen LogP contribution in [0.15, 0.2) is 48.7 Å². The molecule has 35 heavy (non-hydrogen) atoms. The van der Waals surface area contributed by atoms with Gasteiger partial charge < -0.3 is 10.1 Å². The lowest BCUT2D eigenvalue weighted by molar-refractivity contribution is -0.151. The van der Waals surface area contributed by atoms with Crippen molar-refractivity contribution >= 4 is 12.0 Å². The Bertz CT molecular complexity index is 1080. The summed E-state index contributed by atoms with van der Waals surface area (Å²) in [6.45, 7) is 11.3. The van der Waals surface area contributed by atoms with E-state index in [9.17, 15) is 9.18 Å². The van der Waals surface area contributed by atoms with Gasteiger partial charge in [0.1, 0.15) is 11.9 Å². The zero-order valence-corrected chi connectivity index (χ0v) is 20.9. The van der Waals surface area contributed by atoms with Crippen LogP contribution in [0.5, 0.6) is 0 Å². The van der Waals surface area contributed by atoms with E-state index in [-0.39, 0.29) is 29.7 Å². The number of piperazine rings is 1. The van der Waals surface area contributed by atoms with Gasteiger partial charge in [0.2, 0.25) is 0 Å². The standard InChI is InChI=1S/C29H36FN3O2/c1-19-16-29(18-33-13-11-31-12-14-33)27(21(3)35-28(29)34)26(20(19)2)10-9-25-8-7-23(17-32-25)22-5-4-6-24(30)15-22/h4-10,15,17,19-21,26-27,31H,11-14,16,18H2,1-3H3/b10-9+/t19?,20?,21-,26?,27+,29+/m1/s1. The third kappa shape index (κ3) is 4.66. The van der Waals surface area contributed by atoms with Crippen LogP contribution in [0, 0.1) is 34.9 Å². The number of hydrogen-bond donors (Lipinski definition) is 1. The van der Waals surface area contributed by atoms with Gasteiger partial charge in [0.05, 0.1) is 11.1 Å². The van der Waals surface area contributed by atoms with Crippen LogP contribution in [0.25, 0.3) is 17.2 Å². The molecule has 1 aromatic carbocycles. The van der Waals surface area contributed by atoms with E-state index in [0.29, 0.717) is 11.8 Å². The third-order valence-electron chi connectivity index (χ3n) is 8.60. The zero-order valence-electron chi connectivity index (χ0n) is 20.9. The van der Waals surface area contributed by atoms with Gasteiger partial charge in [-0.1, -0.05) is 38.1 Å². The van der Waals surface area contributed by atoms with Crippen molar-refractivity contribution in [2.24, 2.45) is 29.1 Å². The Morgan fingerprint density at radius 2 is 1.97 bits per heavy atom. The molecule has 5 nitrogen and oxygen atoms in total. The second-order valence-corrected chi connectivity index (χ2v) is 10.8. The maximum atomic E-state index is 13.6. The fraction of sp³-hybridized carbons (Fsp3) is 0.517. The van der Waals surface area contributed by atoms with Crippen molar-refractivity contribution in [3.63, 3.8) is 0 Å². The summed E-state index contributed by atoms with van der Waals surface area (Å²) in [5, 5.41) is 3.41. The number of halogens is 1. The number of aromatic nitrogens is 1. The summed E-state index contributed by atoms with van der Waals surface area (Å²) in [6, 6.07) is 10.5. The van der Waals surface area contributed by atoms with Crippen LogP contribution in [0.4, 0.5) is 4.39 Å². The number of nitrogens with zero attached hydrogens (tertiary/aromatic N) is 2. The smallest absolute Gasteiger partial charge is 0.314 e. The summed E-state index contributed by atoms with van der Waals surface area (Å²) in [7, 11) is 0. The minimum absolute atomic E-state index is 0.0109. The van der Waals surface area contributed by atoms with E-state index in [0.717, 1.165) is 56.0 Å². The van der Waals surface area contributed by atoms with E-state index >= 15 is 0 Å². The van der Waals surface area contributed by atoms with Gasteiger partial charge in [0.25, 0.3) is 0 Å². The van der Waals surface area contributed by atoms with Gasteiger partial charge >= 0.3 is 5.97 Å². The summed E-state index contributed by atoms with van der Waals surface area (Å²) in [5.74, 6) is 0.981. The topological polar surface area (TPSA) is 54.5 Å². The lowest BCUT2D eigenvalue weighted by Gasteiger charge is -2.49. The molecule has 3 aliphatic rings. The van der Waals surface area contributed by atoms with Gasteiger partial charge in [-0.25, -0.2) is 4.39 Å². The van der Waals surface area contributed by atoms with Gasteiger partial charge in [-0.2, -0.15) is 0 Å².